The molecule has 0 radical (unpaired) electrons. The van der Waals surface area contributed by atoms with E-state index in [-0.39, 0.29) is 16.4 Å². The summed E-state index contributed by atoms with van der Waals surface area (Å²) >= 11 is 0. The smallest absolute Gasteiger partial charge is 0.0725 e. The Bertz CT molecular complexity index is 844. The van der Waals surface area contributed by atoms with Crippen molar-refractivity contribution in [2.24, 2.45) is 5.92 Å². The van der Waals surface area contributed by atoms with Gasteiger partial charge in [0.25, 0.3) is 0 Å². The van der Waals surface area contributed by atoms with Crippen LogP contribution in [0.2, 0.25) is 0 Å². The quantitative estimate of drug-likeness (QED) is 0.583. The zero-order valence-electron chi connectivity index (χ0n) is 17.1. The average molecular weight is 360 g/mol. The second-order valence-electron chi connectivity index (χ2n) is 10.2. The fourth-order valence-corrected chi connectivity index (χ4v) is 6.71. The summed E-state index contributed by atoms with van der Waals surface area (Å²) in [6, 6.07) is 18.7. The molecule has 0 bridgehead atoms. The molecule has 2 aromatic rings. The van der Waals surface area contributed by atoms with E-state index < -0.39 is 0 Å². The second-order valence-corrected chi connectivity index (χ2v) is 10.2. The summed E-state index contributed by atoms with van der Waals surface area (Å²) in [6.07, 6.45) is 9.50. The molecule has 27 heavy (non-hydrogen) atoms. The van der Waals surface area contributed by atoms with Gasteiger partial charge >= 0.3 is 0 Å². The zero-order valence-corrected chi connectivity index (χ0v) is 17.1. The van der Waals surface area contributed by atoms with Gasteiger partial charge in [-0.15, -0.1) is 0 Å². The van der Waals surface area contributed by atoms with Crippen LogP contribution in [0.3, 0.4) is 0 Å². The third-order valence-corrected chi connectivity index (χ3v) is 7.92. The Morgan fingerprint density at radius 1 is 0.889 bits per heavy atom. The van der Waals surface area contributed by atoms with Crippen LogP contribution in [-0.2, 0) is 16.4 Å². The first-order chi connectivity index (χ1) is 13.0. The Morgan fingerprint density at radius 2 is 1.67 bits per heavy atom. The SMILES string of the molecule is CC(C)(C)c1ccc2c(c1)[C@@]13CCCC[C@H]1CCC[C@]3(c1ccccc1)N2. The van der Waals surface area contributed by atoms with Crippen molar-refractivity contribution in [3.63, 3.8) is 0 Å². The average Bonchev–Trinajstić information content (AvgIpc) is 2.97. The van der Waals surface area contributed by atoms with E-state index in [2.05, 4.69) is 74.6 Å². The van der Waals surface area contributed by atoms with Gasteiger partial charge in [-0.25, -0.2) is 0 Å². The first kappa shape index (κ1) is 17.3. The molecule has 2 fully saturated rings. The Labute approximate surface area is 164 Å². The molecule has 2 aliphatic carbocycles. The molecule has 0 amide bonds. The molecule has 0 saturated heterocycles. The lowest BCUT2D eigenvalue weighted by atomic mass is 9.48. The minimum Gasteiger partial charge on any atom is -0.374 e. The molecular weight excluding hydrogens is 326 g/mol. The lowest BCUT2D eigenvalue weighted by Gasteiger charge is -2.57. The number of fused-ring (bicyclic) bond motifs is 1. The van der Waals surface area contributed by atoms with E-state index in [1.165, 1.54) is 61.8 Å². The number of benzene rings is 2. The Balaban J connectivity index is 1.77. The van der Waals surface area contributed by atoms with Crippen LogP contribution in [-0.4, -0.2) is 0 Å². The molecule has 3 atom stereocenters. The maximum atomic E-state index is 4.13. The minimum absolute atomic E-state index is 0.0798. The maximum Gasteiger partial charge on any atom is 0.0725 e. The number of nitrogens with one attached hydrogen (secondary N) is 1. The molecule has 1 spiro atoms. The predicted molar refractivity (Wildman–Crippen MR) is 114 cm³/mol. The third kappa shape index (κ3) is 2.30. The van der Waals surface area contributed by atoms with Crippen molar-refractivity contribution in [1.82, 2.24) is 0 Å². The largest absolute Gasteiger partial charge is 0.374 e. The highest BCUT2D eigenvalue weighted by atomic mass is 15.1. The first-order valence-electron chi connectivity index (χ1n) is 11.0. The molecule has 2 aromatic carbocycles. The van der Waals surface area contributed by atoms with Crippen LogP contribution in [0, 0.1) is 5.92 Å². The van der Waals surface area contributed by atoms with Crippen molar-refractivity contribution in [2.75, 3.05) is 5.32 Å². The highest BCUT2D eigenvalue weighted by Gasteiger charge is 2.63. The van der Waals surface area contributed by atoms with Crippen LogP contribution in [0.4, 0.5) is 5.69 Å². The van der Waals surface area contributed by atoms with Gasteiger partial charge in [-0.1, -0.05) is 82.5 Å². The molecule has 0 unspecified atom stereocenters. The van der Waals surface area contributed by atoms with Crippen LogP contribution in [0.15, 0.2) is 48.5 Å². The van der Waals surface area contributed by atoms with E-state index in [1.54, 1.807) is 5.56 Å². The van der Waals surface area contributed by atoms with Crippen molar-refractivity contribution in [3.05, 3.63) is 65.2 Å². The predicted octanol–water partition coefficient (Wildman–Crippen LogP) is 6.92. The fourth-order valence-electron chi connectivity index (χ4n) is 6.71. The van der Waals surface area contributed by atoms with Crippen LogP contribution in [0.25, 0.3) is 0 Å². The van der Waals surface area contributed by atoms with E-state index in [9.17, 15) is 0 Å². The standard InChI is InChI=1S/C26H33N/c1-24(2,3)21-14-15-23-22(18-21)25-16-8-7-10-19(25)13-9-17-26(25,27-23)20-11-5-4-6-12-20/h4-6,11-12,14-15,18-19,27H,7-10,13,16-17H2,1-3H3/t19-,25+,26+/m0/s1. The maximum absolute atomic E-state index is 4.13. The summed E-state index contributed by atoms with van der Waals surface area (Å²) in [5.41, 5.74) is 6.56. The van der Waals surface area contributed by atoms with Crippen molar-refractivity contribution in [1.29, 1.82) is 0 Å². The number of rotatable bonds is 1. The number of anilines is 1. The summed E-state index contributed by atoms with van der Waals surface area (Å²) in [4.78, 5) is 0. The van der Waals surface area contributed by atoms with Gasteiger partial charge in [0.1, 0.15) is 0 Å². The molecule has 2 saturated carbocycles. The summed E-state index contributed by atoms with van der Waals surface area (Å²) < 4.78 is 0. The van der Waals surface area contributed by atoms with Crippen molar-refractivity contribution in [3.8, 4) is 0 Å². The number of hydrogen-bond acceptors (Lipinski definition) is 1. The van der Waals surface area contributed by atoms with E-state index >= 15 is 0 Å². The highest BCUT2D eigenvalue weighted by Crippen LogP contribution is 2.66. The van der Waals surface area contributed by atoms with Gasteiger partial charge in [0, 0.05) is 11.1 Å². The zero-order chi connectivity index (χ0) is 18.7. The van der Waals surface area contributed by atoms with E-state index in [0.717, 1.165) is 5.92 Å². The molecular formula is C26H33N. The lowest BCUT2D eigenvalue weighted by Crippen LogP contribution is -2.57. The topological polar surface area (TPSA) is 12.0 Å². The van der Waals surface area contributed by atoms with Gasteiger partial charge in [0.2, 0.25) is 0 Å². The summed E-state index contributed by atoms with van der Waals surface area (Å²) in [5, 5.41) is 4.13. The number of hydrogen-bond donors (Lipinski definition) is 1. The lowest BCUT2D eigenvalue weighted by molar-refractivity contribution is 0.0564. The van der Waals surface area contributed by atoms with E-state index in [0.29, 0.717) is 0 Å². The summed E-state index contributed by atoms with van der Waals surface area (Å²) in [5.74, 6) is 0.809. The third-order valence-electron chi connectivity index (χ3n) is 7.92. The van der Waals surface area contributed by atoms with E-state index in [4.69, 9.17) is 0 Å². The monoisotopic (exact) mass is 359 g/mol. The van der Waals surface area contributed by atoms with Crippen LogP contribution < -0.4 is 5.32 Å². The molecule has 1 N–H and O–H groups in total. The van der Waals surface area contributed by atoms with Gasteiger partial charge in [0.15, 0.2) is 0 Å². The summed E-state index contributed by atoms with van der Waals surface area (Å²) in [7, 11) is 0. The normalized spacial score (nSPS) is 32.2. The second kappa shape index (κ2) is 5.87. The van der Waals surface area contributed by atoms with Gasteiger partial charge in [-0.05, 0) is 59.8 Å². The fraction of sp³-hybridized carbons (Fsp3) is 0.538. The molecule has 0 aromatic heterocycles. The van der Waals surface area contributed by atoms with Crippen LogP contribution >= 0.6 is 0 Å². The van der Waals surface area contributed by atoms with Crippen molar-refractivity contribution >= 4 is 5.69 Å². The van der Waals surface area contributed by atoms with Gasteiger partial charge < -0.3 is 5.32 Å². The minimum atomic E-state index is 0.0798. The van der Waals surface area contributed by atoms with Crippen LogP contribution in [0.5, 0.6) is 0 Å². The molecule has 1 heterocycles. The first-order valence-corrected chi connectivity index (χ1v) is 11.0. The molecule has 142 valence electrons. The van der Waals surface area contributed by atoms with Crippen molar-refractivity contribution < 1.29 is 0 Å². The van der Waals surface area contributed by atoms with Gasteiger partial charge in [0.05, 0.1) is 5.54 Å². The molecule has 1 aliphatic heterocycles. The van der Waals surface area contributed by atoms with Crippen molar-refractivity contribution in [2.45, 2.75) is 82.1 Å². The van der Waals surface area contributed by atoms with E-state index in [1.807, 2.05) is 0 Å². The molecule has 5 rings (SSSR count). The molecule has 1 nitrogen and oxygen atoms in total. The highest BCUT2D eigenvalue weighted by molar-refractivity contribution is 5.68. The Morgan fingerprint density at radius 3 is 2.44 bits per heavy atom. The Hall–Kier alpha value is -1.76. The van der Waals surface area contributed by atoms with Gasteiger partial charge in [-0.2, -0.15) is 0 Å². The molecule has 1 heteroatoms. The van der Waals surface area contributed by atoms with Crippen LogP contribution in [0.1, 0.15) is 82.4 Å². The summed E-state index contributed by atoms with van der Waals surface area (Å²) in [6.45, 7) is 7.04. The Kier molecular flexibility index (Phi) is 3.77. The van der Waals surface area contributed by atoms with Gasteiger partial charge in [-0.3, -0.25) is 0 Å². The molecule has 3 aliphatic rings.